The van der Waals surface area contributed by atoms with E-state index in [4.69, 9.17) is 4.74 Å². The van der Waals surface area contributed by atoms with Gasteiger partial charge in [-0.15, -0.1) is 0 Å². The SMILES string of the molecule is CCNc1cc(Oc2cc(Br)ccc2C)nc(CC)n1. The number of benzene rings is 1. The molecule has 0 saturated heterocycles. The fourth-order valence-electron chi connectivity index (χ4n) is 1.75. The minimum atomic E-state index is 0.564. The lowest BCUT2D eigenvalue weighted by Crippen LogP contribution is -2.04. The van der Waals surface area contributed by atoms with Gasteiger partial charge in [0.1, 0.15) is 17.4 Å². The van der Waals surface area contributed by atoms with Crippen molar-refractivity contribution >= 4 is 21.7 Å². The van der Waals surface area contributed by atoms with Crippen molar-refractivity contribution < 1.29 is 4.74 Å². The van der Waals surface area contributed by atoms with Crippen LogP contribution in [0.3, 0.4) is 0 Å². The molecule has 0 atom stereocenters. The summed E-state index contributed by atoms with van der Waals surface area (Å²) in [5.41, 5.74) is 1.06. The Balaban J connectivity index is 2.32. The van der Waals surface area contributed by atoms with Crippen molar-refractivity contribution in [2.75, 3.05) is 11.9 Å². The van der Waals surface area contributed by atoms with Crippen LogP contribution in [-0.4, -0.2) is 16.5 Å². The topological polar surface area (TPSA) is 47.0 Å². The highest BCUT2D eigenvalue weighted by molar-refractivity contribution is 9.10. The summed E-state index contributed by atoms with van der Waals surface area (Å²) in [4.78, 5) is 8.82. The van der Waals surface area contributed by atoms with Crippen LogP contribution in [-0.2, 0) is 6.42 Å². The van der Waals surface area contributed by atoms with Gasteiger partial charge in [0, 0.05) is 23.5 Å². The van der Waals surface area contributed by atoms with Gasteiger partial charge in [0.2, 0.25) is 5.88 Å². The second-order valence-corrected chi connectivity index (χ2v) is 5.32. The molecule has 2 rings (SSSR count). The Morgan fingerprint density at radius 3 is 2.70 bits per heavy atom. The quantitative estimate of drug-likeness (QED) is 0.883. The van der Waals surface area contributed by atoms with Crippen LogP contribution in [0.1, 0.15) is 25.2 Å². The Labute approximate surface area is 127 Å². The summed E-state index contributed by atoms with van der Waals surface area (Å²) in [6, 6.07) is 7.76. The Kier molecular flexibility index (Phi) is 4.95. The monoisotopic (exact) mass is 335 g/mol. The summed E-state index contributed by atoms with van der Waals surface area (Å²) in [6.07, 6.45) is 0.771. The smallest absolute Gasteiger partial charge is 0.224 e. The maximum atomic E-state index is 5.90. The number of hydrogen-bond acceptors (Lipinski definition) is 4. The largest absolute Gasteiger partial charge is 0.439 e. The zero-order valence-corrected chi connectivity index (χ0v) is 13.5. The molecule has 0 bridgehead atoms. The predicted octanol–water partition coefficient (Wildman–Crippen LogP) is 4.33. The van der Waals surface area contributed by atoms with Crippen molar-refractivity contribution in [2.24, 2.45) is 0 Å². The fraction of sp³-hybridized carbons (Fsp3) is 0.333. The lowest BCUT2D eigenvalue weighted by Gasteiger charge is -2.11. The second-order valence-electron chi connectivity index (χ2n) is 4.40. The number of aromatic nitrogens is 2. The first-order chi connectivity index (χ1) is 9.62. The minimum absolute atomic E-state index is 0.564. The van der Waals surface area contributed by atoms with E-state index in [-0.39, 0.29) is 0 Å². The number of nitrogens with one attached hydrogen (secondary N) is 1. The molecule has 0 aliphatic heterocycles. The molecule has 1 heterocycles. The van der Waals surface area contributed by atoms with E-state index in [1.54, 1.807) is 0 Å². The zero-order valence-electron chi connectivity index (χ0n) is 11.9. The van der Waals surface area contributed by atoms with Gasteiger partial charge in [-0.05, 0) is 31.5 Å². The summed E-state index contributed by atoms with van der Waals surface area (Å²) in [5.74, 6) is 2.92. The Hall–Kier alpha value is -1.62. The third-order valence-electron chi connectivity index (χ3n) is 2.79. The van der Waals surface area contributed by atoms with Gasteiger partial charge in [-0.25, -0.2) is 4.98 Å². The molecule has 0 amide bonds. The molecule has 0 radical (unpaired) electrons. The minimum Gasteiger partial charge on any atom is -0.439 e. The van der Waals surface area contributed by atoms with Crippen molar-refractivity contribution in [1.82, 2.24) is 9.97 Å². The van der Waals surface area contributed by atoms with Crippen LogP contribution >= 0.6 is 15.9 Å². The van der Waals surface area contributed by atoms with Gasteiger partial charge in [0.25, 0.3) is 0 Å². The summed E-state index contributed by atoms with van der Waals surface area (Å²) in [7, 11) is 0. The molecular weight excluding hydrogens is 318 g/mol. The van der Waals surface area contributed by atoms with Crippen molar-refractivity contribution in [3.05, 3.63) is 40.1 Å². The molecule has 0 fully saturated rings. The normalized spacial score (nSPS) is 10.4. The summed E-state index contributed by atoms with van der Waals surface area (Å²) in [5, 5.41) is 3.19. The predicted molar refractivity (Wildman–Crippen MR) is 84.5 cm³/mol. The van der Waals surface area contributed by atoms with E-state index in [1.165, 1.54) is 0 Å². The third kappa shape index (κ3) is 3.70. The molecule has 2 aromatic rings. The summed E-state index contributed by atoms with van der Waals surface area (Å²) >= 11 is 3.45. The van der Waals surface area contributed by atoms with Crippen LogP contribution in [0.25, 0.3) is 0 Å². The first-order valence-electron chi connectivity index (χ1n) is 6.68. The maximum Gasteiger partial charge on any atom is 0.224 e. The van der Waals surface area contributed by atoms with E-state index in [9.17, 15) is 0 Å². The molecular formula is C15H18BrN3O. The summed E-state index contributed by atoms with van der Waals surface area (Å²) in [6.45, 7) is 6.89. The van der Waals surface area contributed by atoms with E-state index in [1.807, 2.05) is 45.0 Å². The number of ether oxygens (including phenoxy) is 1. The maximum absolute atomic E-state index is 5.90. The van der Waals surface area contributed by atoms with E-state index in [0.717, 1.165) is 40.4 Å². The number of rotatable bonds is 5. The molecule has 0 spiro atoms. The van der Waals surface area contributed by atoms with Gasteiger partial charge in [0.15, 0.2) is 0 Å². The van der Waals surface area contributed by atoms with Gasteiger partial charge in [-0.2, -0.15) is 4.98 Å². The van der Waals surface area contributed by atoms with Crippen molar-refractivity contribution in [1.29, 1.82) is 0 Å². The van der Waals surface area contributed by atoms with Crippen LogP contribution in [0.15, 0.2) is 28.7 Å². The highest BCUT2D eigenvalue weighted by Gasteiger charge is 2.07. The Bertz CT molecular complexity index is 602. The first kappa shape index (κ1) is 14.8. The molecule has 20 heavy (non-hydrogen) atoms. The molecule has 1 aromatic heterocycles. The second kappa shape index (κ2) is 6.70. The number of aryl methyl sites for hydroxylation is 2. The van der Waals surface area contributed by atoms with Crippen LogP contribution in [0.2, 0.25) is 0 Å². The van der Waals surface area contributed by atoms with Crippen LogP contribution in [0.4, 0.5) is 5.82 Å². The molecule has 0 saturated carbocycles. The van der Waals surface area contributed by atoms with Gasteiger partial charge in [-0.3, -0.25) is 0 Å². The molecule has 0 aliphatic rings. The Morgan fingerprint density at radius 2 is 2.00 bits per heavy atom. The molecule has 0 unspecified atom stereocenters. The van der Waals surface area contributed by atoms with Gasteiger partial charge >= 0.3 is 0 Å². The van der Waals surface area contributed by atoms with Crippen molar-refractivity contribution in [3.8, 4) is 11.6 Å². The third-order valence-corrected chi connectivity index (χ3v) is 3.28. The average Bonchev–Trinajstić information content (AvgIpc) is 2.43. The zero-order chi connectivity index (χ0) is 14.5. The van der Waals surface area contributed by atoms with Gasteiger partial charge in [0.05, 0.1) is 0 Å². The van der Waals surface area contributed by atoms with E-state index in [0.29, 0.717) is 5.88 Å². The van der Waals surface area contributed by atoms with E-state index in [2.05, 4.69) is 31.2 Å². The lowest BCUT2D eigenvalue weighted by molar-refractivity contribution is 0.455. The van der Waals surface area contributed by atoms with Crippen molar-refractivity contribution in [2.45, 2.75) is 27.2 Å². The highest BCUT2D eigenvalue weighted by atomic mass is 79.9. The van der Waals surface area contributed by atoms with E-state index >= 15 is 0 Å². The highest BCUT2D eigenvalue weighted by Crippen LogP contribution is 2.28. The standard InChI is InChI=1S/C15H18BrN3O/c1-4-13-18-14(17-5-2)9-15(19-13)20-12-8-11(16)7-6-10(12)3/h6-9H,4-5H2,1-3H3,(H,17,18,19). The fourth-order valence-corrected chi connectivity index (χ4v) is 2.09. The molecule has 1 N–H and O–H groups in total. The average molecular weight is 336 g/mol. The molecule has 106 valence electrons. The summed E-state index contributed by atoms with van der Waals surface area (Å²) < 4.78 is 6.88. The molecule has 5 heteroatoms. The van der Waals surface area contributed by atoms with Gasteiger partial charge in [-0.1, -0.05) is 28.9 Å². The van der Waals surface area contributed by atoms with Crippen LogP contribution in [0, 0.1) is 6.92 Å². The van der Waals surface area contributed by atoms with Gasteiger partial charge < -0.3 is 10.1 Å². The number of halogens is 1. The molecule has 1 aromatic carbocycles. The molecule has 0 aliphatic carbocycles. The van der Waals surface area contributed by atoms with E-state index < -0.39 is 0 Å². The number of hydrogen-bond donors (Lipinski definition) is 1. The van der Waals surface area contributed by atoms with Crippen LogP contribution < -0.4 is 10.1 Å². The lowest BCUT2D eigenvalue weighted by atomic mass is 10.2. The van der Waals surface area contributed by atoms with Crippen LogP contribution in [0.5, 0.6) is 11.6 Å². The van der Waals surface area contributed by atoms with Crippen molar-refractivity contribution in [3.63, 3.8) is 0 Å². The molecule has 4 nitrogen and oxygen atoms in total. The number of anilines is 1. The number of nitrogens with zero attached hydrogens (tertiary/aromatic N) is 2. The first-order valence-corrected chi connectivity index (χ1v) is 7.47. The Morgan fingerprint density at radius 1 is 1.20 bits per heavy atom.